The maximum atomic E-state index is 9.83. The Labute approximate surface area is 120 Å². The average molecular weight is 272 g/mol. The zero-order chi connectivity index (χ0) is 14.3. The highest BCUT2D eigenvalue weighted by atomic mass is 16.3. The van der Waals surface area contributed by atoms with Crippen molar-refractivity contribution in [1.29, 1.82) is 0 Å². The Morgan fingerprint density at radius 2 is 0.895 bits per heavy atom. The maximum Gasteiger partial charge on any atom is 0.0540 e. The van der Waals surface area contributed by atoms with Crippen molar-refractivity contribution in [2.75, 3.05) is 0 Å². The van der Waals surface area contributed by atoms with Gasteiger partial charge in [0.2, 0.25) is 0 Å². The van der Waals surface area contributed by atoms with E-state index in [1.807, 2.05) is 0 Å². The second-order valence-corrected chi connectivity index (χ2v) is 5.94. The molecule has 0 heterocycles. The Morgan fingerprint density at radius 1 is 0.526 bits per heavy atom. The number of aliphatic hydroxyl groups is 2. The molecule has 2 nitrogen and oxygen atoms in total. The molecule has 116 valence electrons. The van der Waals surface area contributed by atoms with Gasteiger partial charge in [0, 0.05) is 0 Å². The van der Waals surface area contributed by atoms with Crippen LogP contribution in [-0.2, 0) is 0 Å². The van der Waals surface area contributed by atoms with Crippen LogP contribution < -0.4 is 0 Å². The third-order valence-electron chi connectivity index (χ3n) is 3.86. The Morgan fingerprint density at radius 3 is 1.26 bits per heavy atom. The van der Waals surface area contributed by atoms with E-state index in [1.165, 1.54) is 38.5 Å². The molecule has 0 aliphatic carbocycles. The molecule has 0 spiro atoms. The molecule has 0 aliphatic heterocycles. The third kappa shape index (κ3) is 14.1. The van der Waals surface area contributed by atoms with Crippen LogP contribution in [0.5, 0.6) is 0 Å². The van der Waals surface area contributed by atoms with Crippen LogP contribution in [0, 0.1) is 0 Å². The first kappa shape index (κ1) is 18.9. The molecule has 2 heteroatoms. The maximum absolute atomic E-state index is 9.83. The Kier molecular flexibility index (Phi) is 14.3. The summed E-state index contributed by atoms with van der Waals surface area (Å²) in [7, 11) is 0. The molecule has 0 bridgehead atoms. The van der Waals surface area contributed by atoms with Crippen LogP contribution in [0.25, 0.3) is 0 Å². The zero-order valence-corrected chi connectivity index (χ0v) is 13.2. The van der Waals surface area contributed by atoms with Crippen molar-refractivity contribution in [1.82, 2.24) is 0 Å². The predicted molar refractivity (Wildman–Crippen MR) is 83.4 cm³/mol. The van der Waals surface area contributed by atoms with Crippen molar-refractivity contribution in [3.63, 3.8) is 0 Å². The molecule has 2 N–H and O–H groups in total. The summed E-state index contributed by atoms with van der Waals surface area (Å²) < 4.78 is 0. The molecule has 19 heavy (non-hydrogen) atoms. The summed E-state index contributed by atoms with van der Waals surface area (Å²) in [5, 5.41) is 19.7. The van der Waals surface area contributed by atoms with Gasteiger partial charge in [-0.05, 0) is 32.1 Å². The number of unbranched alkanes of at least 4 members (excludes halogenated alkanes) is 6. The van der Waals surface area contributed by atoms with Gasteiger partial charge in [-0.2, -0.15) is 0 Å². The van der Waals surface area contributed by atoms with Crippen molar-refractivity contribution in [3.8, 4) is 0 Å². The standard InChI is InChI=1S/C17H36O2/c1-3-5-7-9-12-16(18)14-11-15-17(19)13-10-8-6-4-2/h16-19H,3-15H2,1-2H3. The first-order valence-corrected chi connectivity index (χ1v) is 8.56. The normalized spacial score (nSPS) is 14.5. The molecule has 0 amide bonds. The van der Waals surface area contributed by atoms with Gasteiger partial charge in [0.15, 0.2) is 0 Å². The molecule has 0 aromatic heterocycles. The van der Waals surface area contributed by atoms with E-state index in [2.05, 4.69) is 13.8 Å². The molecule has 0 radical (unpaired) electrons. The van der Waals surface area contributed by atoms with Gasteiger partial charge in [-0.15, -0.1) is 0 Å². The molecular weight excluding hydrogens is 236 g/mol. The number of rotatable bonds is 14. The Balaban J connectivity index is 3.30. The molecule has 0 aliphatic rings. The van der Waals surface area contributed by atoms with Gasteiger partial charge in [0.1, 0.15) is 0 Å². The number of hydrogen-bond donors (Lipinski definition) is 2. The SMILES string of the molecule is CCCCCCC(O)CCCC(O)CCCCCC. The van der Waals surface area contributed by atoms with E-state index in [4.69, 9.17) is 0 Å². The molecule has 0 fully saturated rings. The van der Waals surface area contributed by atoms with Crippen molar-refractivity contribution < 1.29 is 10.2 Å². The highest BCUT2D eigenvalue weighted by molar-refractivity contribution is 4.61. The van der Waals surface area contributed by atoms with E-state index >= 15 is 0 Å². The fourth-order valence-corrected chi connectivity index (χ4v) is 2.49. The van der Waals surface area contributed by atoms with Gasteiger partial charge in [-0.1, -0.05) is 65.2 Å². The fraction of sp³-hybridized carbons (Fsp3) is 1.00. The van der Waals surface area contributed by atoms with Gasteiger partial charge in [0.25, 0.3) is 0 Å². The monoisotopic (exact) mass is 272 g/mol. The summed E-state index contributed by atoms with van der Waals surface area (Å²) in [4.78, 5) is 0. The van der Waals surface area contributed by atoms with Crippen molar-refractivity contribution in [2.45, 2.75) is 110 Å². The van der Waals surface area contributed by atoms with Gasteiger partial charge in [0.05, 0.1) is 12.2 Å². The lowest BCUT2D eigenvalue weighted by Gasteiger charge is -2.13. The van der Waals surface area contributed by atoms with E-state index in [-0.39, 0.29) is 12.2 Å². The summed E-state index contributed by atoms with van der Waals surface area (Å²) in [6.45, 7) is 4.41. The molecule has 0 saturated heterocycles. The zero-order valence-electron chi connectivity index (χ0n) is 13.2. The topological polar surface area (TPSA) is 40.5 Å². The van der Waals surface area contributed by atoms with Gasteiger partial charge >= 0.3 is 0 Å². The van der Waals surface area contributed by atoms with Crippen LogP contribution >= 0.6 is 0 Å². The van der Waals surface area contributed by atoms with Crippen molar-refractivity contribution >= 4 is 0 Å². The molecule has 0 aromatic rings. The second-order valence-electron chi connectivity index (χ2n) is 5.94. The van der Waals surface area contributed by atoms with Crippen LogP contribution in [0.15, 0.2) is 0 Å². The fourth-order valence-electron chi connectivity index (χ4n) is 2.49. The lowest BCUT2D eigenvalue weighted by Crippen LogP contribution is -2.10. The minimum Gasteiger partial charge on any atom is -0.393 e. The minimum absolute atomic E-state index is 0.149. The van der Waals surface area contributed by atoms with E-state index in [1.54, 1.807) is 0 Å². The van der Waals surface area contributed by atoms with Gasteiger partial charge < -0.3 is 10.2 Å². The van der Waals surface area contributed by atoms with Crippen LogP contribution in [0.3, 0.4) is 0 Å². The molecule has 0 rings (SSSR count). The van der Waals surface area contributed by atoms with E-state index in [0.29, 0.717) is 0 Å². The number of aliphatic hydroxyl groups excluding tert-OH is 2. The van der Waals surface area contributed by atoms with Gasteiger partial charge in [-0.25, -0.2) is 0 Å². The Bertz CT molecular complexity index is 153. The van der Waals surface area contributed by atoms with Crippen LogP contribution in [0.2, 0.25) is 0 Å². The Hall–Kier alpha value is -0.0800. The number of hydrogen-bond acceptors (Lipinski definition) is 2. The first-order chi connectivity index (χ1) is 9.20. The third-order valence-corrected chi connectivity index (χ3v) is 3.86. The molecule has 0 saturated carbocycles. The summed E-state index contributed by atoms with van der Waals surface area (Å²) >= 11 is 0. The quantitative estimate of drug-likeness (QED) is 0.445. The lowest BCUT2D eigenvalue weighted by molar-refractivity contribution is 0.121. The first-order valence-electron chi connectivity index (χ1n) is 8.56. The highest BCUT2D eigenvalue weighted by Gasteiger charge is 2.07. The predicted octanol–water partition coefficient (Wildman–Crippen LogP) is 4.82. The minimum atomic E-state index is -0.149. The molecular formula is C17H36O2. The lowest BCUT2D eigenvalue weighted by atomic mass is 10.0. The van der Waals surface area contributed by atoms with E-state index in [9.17, 15) is 10.2 Å². The second kappa shape index (κ2) is 14.3. The van der Waals surface area contributed by atoms with Crippen molar-refractivity contribution in [3.05, 3.63) is 0 Å². The summed E-state index contributed by atoms with van der Waals surface area (Å²) in [6.07, 6.45) is 14.1. The van der Waals surface area contributed by atoms with Crippen LogP contribution in [-0.4, -0.2) is 22.4 Å². The van der Waals surface area contributed by atoms with E-state index < -0.39 is 0 Å². The van der Waals surface area contributed by atoms with Gasteiger partial charge in [-0.3, -0.25) is 0 Å². The molecule has 2 atom stereocenters. The summed E-state index contributed by atoms with van der Waals surface area (Å²) in [5.74, 6) is 0. The average Bonchev–Trinajstić information content (AvgIpc) is 2.40. The summed E-state index contributed by atoms with van der Waals surface area (Å²) in [6, 6.07) is 0. The molecule has 0 aromatic carbocycles. The summed E-state index contributed by atoms with van der Waals surface area (Å²) in [5.41, 5.74) is 0. The van der Waals surface area contributed by atoms with E-state index in [0.717, 1.165) is 44.9 Å². The van der Waals surface area contributed by atoms with Crippen LogP contribution in [0.4, 0.5) is 0 Å². The highest BCUT2D eigenvalue weighted by Crippen LogP contribution is 2.14. The largest absolute Gasteiger partial charge is 0.393 e. The smallest absolute Gasteiger partial charge is 0.0540 e. The van der Waals surface area contributed by atoms with Crippen LogP contribution in [0.1, 0.15) is 97.3 Å². The molecule has 2 unspecified atom stereocenters. The van der Waals surface area contributed by atoms with Crippen molar-refractivity contribution in [2.24, 2.45) is 0 Å².